The monoisotopic (exact) mass is 370 g/mol. The first kappa shape index (κ1) is 16.5. The summed E-state index contributed by atoms with van der Waals surface area (Å²) in [5.74, 6) is -0.0779. The standard InChI is InChI=1S/C18H15ClN4O3/c1-26-13-8-6-12(7-9-13)23-17(24)15-16(18(23)25)22(21-20-15)10-11-4-2-3-5-14(11)19/h2-9,15-16H,10H2,1H3/t15-,16+/m1/s1. The number of carbonyl (C=O) groups excluding carboxylic acids is 2. The van der Waals surface area contributed by atoms with E-state index >= 15 is 0 Å². The Hall–Kier alpha value is -2.93. The summed E-state index contributed by atoms with van der Waals surface area (Å²) in [6.45, 7) is 0.305. The number of carbonyl (C=O) groups is 2. The van der Waals surface area contributed by atoms with E-state index in [0.29, 0.717) is 23.0 Å². The highest BCUT2D eigenvalue weighted by atomic mass is 35.5. The fraction of sp³-hybridized carbons (Fsp3) is 0.222. The van der Waals surface area contributed by atoms with E-state index in [1.807, 2.05) is 18.2 Å². The second-order valence-corrected chi connectivity index (χ2v) is 6.40. The molecule has 2 aliphatic rings. The van der Waals surface area contributed by atoms with Crippen LogP contribution in [0.3, 0.4) is 0 Å². The van der Waals surface area contributed by atoms with Gasteiger partial charge in [0.25, 0.3) is 11.8 Å². The van der Waals surface area contributed by atoms with E-state index in [1.54, 1.807) is 37.4 Å². The number of hydrogen-bond acceptors (Lipinski definition) is 6. The molecular formula is C18H15ClN4O3. The summed E-state index contributed by atoms with van der Waals surface area (Å²) in [6, 6.07) is 12.5. The molecule has 0 radical (unpaired) electrons. The van der Waals surface area contributed by atoms with Crippen molar-refractivity contribution in [3.8, 4) is 5.75 Å². The predicted octanol–water partition coefficient (Wildman–Crippen LogP) is 2.84. The number of nitrogens with zero attached hydrogens (tertiary/aromatic N) is 4. The average Bonchev–Trinajstić information content (AvgIpc) is 3.17. The van der Waals surface area contributed by atoms with Crippen LogP contribution in [-0.4, -0.2) is 36.0 Å². The maximum absolute atomic E-state index is 12.9. The highest BCUT2D eigenvalue weighted by Gasteiger charge is 2.54. The van der Waals surface area contributed by atoms with Crippen LogP contribution < -0.4 is 9.64 Å². The van der Waals surface area contributed by atoms with Crippen molar-refractivity contribution < 1.29 is 14.3 Å². The Morgan fingerprint density at radius 3 is 2.50 bits per heavy atom. The third kappa shape index (κ3) is 2.61. The number of ether oxygens (including phenoxy) is 1. The smallest absolute Gasteiger partial charge is 0.263 e. The molecule has 0 aromatic heterocycles. The fourth-order valence-corrected chi connectivity index (χ4v) is 3.34. The summed E-state index contributed by atoms with van der Waals surface area (Å²) in [6.07, 6.45) is 0. The molecule has 0 N–H and O–H groups in total. The van der Waals surface area contributed by atoms with Gasteiger partial charge in [0.1, 0.15) is 5.75 Å². The second-order valence-electron chi connectivity index (χ2n) is 5.99. The zero-order valence-electron chi connectivity index (χ0n) is 13.9. The molecule has 132 valence electrons. The van der Waals surface area contributed by atoms with E-state index in [0.717, 1.165) is 10.5 Å². The largest absolute Gasteiger partial charge is 0.497 e. The molecule has 26 heavy (non-hydrogen) atoms. The SMILES string of the molecule is COc1ccc(N2C(=O)[C@@H]3[C@@H](N=NN3Cc3ccccc3Cl)C2=O)cc1. The Balaban J connectivity index is 1.60. The van der Waals surface area contributed by atoms with E-state index in [-0.39, 0.29) is 11.8 Å². The molecule has 4 rings (SSSR count). The van der Waals surface area contributed by atoms with Crippen LogP contribution in [0, 0.1) is 0 Å². The summed E-state index contributed by atoms with van der Waals surface area (Å²) < 4.78 is 5.11. The Kier molecular flexibility index (Phi) is 4.08. The topological polar surface area (TPSA) is 74.6 Å². The number of hydrogen-bond donors (Lipinski definition) is 0. The van der Waals surface area contributed by atoms with Crippen LogP contribution in [0.5, 0.6) is 5.75 Å². The summed E-state index contributed by atoms with van der Waals surface area (Å²) in [4.78, 5) is 26.8. The summed E-state index contributed by atoms with van der Waals surface area (Å²) in [7, 11) is 1.55. The maximum Gasteiger partial charge on any atom is 0.263 e. The molecule has 7 nitrogen and oxygen atoms in total. The highest BCUT2D eigenvalue weighted by molar-refractivity contribution is 6.31. The van der Waals surface area contributed by atoms with Crippen molar-refractivity contribution in [1.82, 2.24) is 5.01 Å². The minimum absolute atomic E-state index is 0.305. The molecule has 0 unspecified atom stereocenters. The highest BCUT2D eigenvalue weighted by Crippen LogP contribution is 2.34. The number of methoxy groups -OCH3 is 1. The van der Waals surface area contributed by atoms with Crippen LogP contribution in [0.4, 0.5) is 5.69 Å². The second kappa shape index (κ2) is 6.42. The van der Waals surface area contributed by atoms with Crippen LogP contribution >= 0.6 is 11.6 Å². The molecule has 0 saturated carbocycles. The van der Waals surface area contributed by atoms with Gasteiger partial charge in [0.05, 0.1) is 19.3 Å². The van der Waals surface area contributed by atoms with Crippen molar-refractivity contribution in [3.05, 3.63) is 59.1 Å². The van der Waals surface area contributed by atoms with Crippen LogP contribution in [0.2, 0.25) is 5.02 Å². The molecule has 1 saturated heterocycles. The zero-order chi connectivity index (χ0) is 18.3. The lowest BCUT2D eigenvalue weighted by Crippen LogP contribution is -2.39. The number of fused-ring (bicyclic) bond motifs is 1. The van der Waals surface area contributed by atoms with Gasteiger partial charge < -0.3 is 4.74 Å². The van der Waals surface area contributed by atoms with E-state index in [4.69, 9.17) is 16.3 Å². The number of benzene rings is 2. The minimum Gasteiger partial charge on any atom is -0.497 e. The first-order valence-corrected chi connectivity index (χ1v) is 8.40. The van der Waals surface area contributed by atoms with Crippen molar-refractivity contribution >= 4 is 29.1 Å². The van der Waals surface area contributed by atoms with Gasteiger partial charge in [-0.25, -0.2) is 4.90 Å². The maximum atomic E-state index is 12.9. The lowest BCUT2D eigenvalue weighted by molar-refractivity contribution is -0.123. The van der Waals surface area contributed by atoms with Crippen LogP contribution in [0.25, 0.3) is 0 Å². The molecule has 2 heterocycles. The summed E-state index contributed by atoms with van der Waals surface area (Å²) in [5.41, 5.74) is 1.31. The van der Waals surface area contributed by atoms with Gasteiger partial charge in [-0.2, -0.15) is 5.11 Å². The van der Waals surface area contributed by atoms with Crippen molar-refractivity contribution in [2.45, 2.75) is 18.6 Å². The Bertz CT molecular complexity index is 900. The fourth-order valence-electron chi connectivity index (χ4n) is 3.14. The molecule has 2 aromatic carbocycles. The third-order valence-electron chi connectivity index (χ3n) is 4.48. The number of rotatable bonds is 4. The van der Waals surface area contributed by atoms with Crippen molar-refractivity contribution in [2.75, 3.05) is 12.0 Å². The van der Waals surface area contributed by atoms with E-state index < -0.39 is 12.1 Å². The molecule has 0 spiro atoms. The normalized spacial score (nSPS) is 21.5. The molecule has 0 bridgehead atoms. The van der Waals surface area contributed by atoms with Gasteiger partial charge in [-0.15, -0.1) is 0 Å². The van der Waals surface area contributed by atoms with Gasteiger partial charge in [-0.3, -0.25) is 14.6 Å². The van der Waals surface area contributed by atoms with Crippen LogP contribution in [0.15, 0.2) is 58.9 Å². The Morgan fingerprint density at radius 2 is 1.81 bits per heavy atom. The molecule has 1 fully saturated rings. The van der Waals surface area contributed by atoms with Crippen molar-refractivity contribution in [3.63, 3.8) is 0 Å². The van der Waals surface area contributed by atoms with Gasteiger partial charge in [0, 0.05) is 5.02 Å². The van der Waals surface area contributed by atoms with Gasteiger partial charge in [0.15, 0.2) is 12.1 Å². The molecule has 2 amide bonds. The number of amides is 2. The van der Waals surface area contributed by atoms with E-state index in [2.05, 4.69) is 10.3 Å². The number of halogens is 1. The average molecular weight is 371 g/mol. The third-order valence-corrected chi connectivity index (χ3v) is 4.85. The molecule has 2 atom stereocenters. The quantitative estimate of drug-likeness (QED) is 0.775. The lowest BCUT2D eigenvalue weighted by Gasteiger charge is -2.21. The molecular weight excluding hydrogens is 356 g/mol. The Morgan fingerprint density at radius 1 is 1.08 bits per heavy atom. The minimum atomic E-state index is -0.827. The van der Waals surface area contributed by atoms with Gasteiger partial charge in [-0.1, -0.05) is 35.0 Å². The molecule has 0 aliphatic carbocycles. The molecule has 2 aromatic rings. The van der Waals surface area contributed by atoms with Gasteiger partial charge in [-0.05, 0) is 35.9 Å². The Labute approximate surface area is 154 Å². The first-order chi connectivity index (χ1) is 12.6. The number of imide groups is 1. The first-order valence-electron chi connectivity index (χ1n) is 8.03. The van der Waals surface area contributed by atoms with E-state index in [9.17, 15) is 9.59 Å². The molecule has 2 aliphatic heterocycles. The predicted molar refractivity (Wildman–Crippen MR) is 94.9 cm³/mol. The van der Waals surface area contributed by atoms with Gasteiger partial charge >= 0.3 is 0 Å². The summed E-state index contributed by atoms with van der Waals surface area (Å²) >= 11 is 6.19. The summed E-state index contributed by atoms with van der Waals surface area (Å²) in [5, 5.41) is 10.1. The van der Waals surface area contributed by atoms with Gasteiger partial charge in [0.2, 0.25) is 0 Å². The zero-order valence-corrected chi connectivity index (χ0v) is 14.6. The number of anilines is 1. The van der Waals surface area contributed by atoms with Crippen LogP contribution in [0.1, 0.15) is 5.56 Å². The van der Waals surface area contributed by atoms with Crippen LogP contribution in [-0.2, 0) is 16.1 Å². The lowest BCUT2D eigenvalue weighted by atomic mass is 10.1. The van der Waals surface area contributed by atoms with E-state index in [1.165, 1.54) is 5.01 Å². The van der Waals surface area contributed by atoms with Crippen molar-refractivity contribution in [1.29, 1.82) is 0 Å². The van der Waals surface area contributed by atoms with Crippen molar-refractivity contribution in [2.24, 2.45) is 10.3 Å². The molecule has 8 heteroatoms.